The van der Waals surface area contributed by atoms with Gasteiger partial charge in [-0.25, -0.2) is 4.79 Å². The van der Waals surface area contributed by atoms with Gasteiger partial charge in [0.15, 0.2) is 0 Å². The fourth-order valence-corrected chi connectivity index (χ4v) is 1.94. The molecule has 21 heavy (non-hydrogen) atoms. The van der Waals surface area contributed by atoms with Crippen LogP contribution in [0.25, 0.3) is 0 Å². The first kappa shape index (κ1) is 17.3. The highest BCUT2D eigenvalue weighted by Crippen LogP contribution is 2.14. The van der Waals surface area contributed by atoms with Crippen molar-refractivity contribution in [3.8, 4) is 5.75 Å². The zero-order valence-corrected chi connectivity index (χ0v) is 13.7. The summed E-state index contributed by atoms with van der Waals surface area (Å²) >= 11 is 0. The van der Waals surface area contributed by atoms with Crippen molar-refractivity contribution >= 4 is 6.09 Å². The number of rotatable bonds is 6. The molecule has 0 saturated carbocycles. The second kappa shape index (κ2) is 7.91. The third kappa shape index (κ3) is 7.02. The van der Waals surface area contributed by atoms with Crippen molar-refractivity contribution in [1.29, 1.82) is 0 Å². The van der Waals surface area contributed by atoms with Gasteiger partial charge in [-0.05, 0) is 58.2 Å². The highest BCUT2D eigenvalue weighted by molar-refractivity contribution is 5.68. The lowest BCUT2D eigenvalue weighted by Gasteiger charge is -2.23. The number of amides is 1. The Hall–Kier alpha value is -1.71. The van der Waals surface area contributed by atoms with Gasteiger partial charge >= 0.3 is 6.09 Å². The van der Waals surface area contributed by atoms with Gasteiger partial charge in [0.05, 0.1) is 6.61 Å². The van der Waals surface area contributed by atoms with Gasteiger partial charge in [-0.2, -0.15) is 0 Å². The SMILES string of the molecule is CCOc1ccc(CC(CC)NC(=O)OC(C)(C)C)cc1. The van der Waals surface area contributed by atoms with E-state index >= 15 is 0 Å². The molecule has 0 heterocycles. The van der Waals surface area contributed by atoms with E-state index in [-0.39, 0.29) is 12.1 Å². The monoisotopic (exact) mass is 293 g/mol. The highest BCUT2D eigenvalue weighted by Gasteiger charge is 2.18. The van der Waals surface area contributed by atoms with Gasteiger partial charge in [-0.1, -0.05) is 19.1 Å². The van der Waals surface area contributed by atoms with Crippen LogP contribution in [-0.4, -0.2) is 24.3 Å². The van der Waals surface area contributed by atoms with Crippen molar-refractivity contribution in [3.05, 3.63) is 29.8 Å². The molecule has 0 spiro atoms. The van der Waals surface area contributed by atoms with Crippen LogP contribution in [0.5, 0.6) is 5.75 Å². The van der Waals surface area contributed by atoms with Gasteiger partial charge in [-0.3, -0.25) is 0 Å². The lowest BCUT2D eigenvalue weighted by Crippen LogP contribution is -2.39. The smallest absolute Gasteiger partial charge is 0.407 e. The number of alkyl carbamates (subject to hydrolysis) is 1. The number of carbonyl (C=O) groups is 1. The maximum atomic E-state index is 11.8. The summed E-state index contributed by atoms with van der Waals surface area (Å²) in [5.74, 6) is 0.870. The Morgan fingerprint density at radius 2 is 1.81 bits per heavy atom. The van der Waals surface area contributed by atoms with E-state index in [0.717, 1.165) is 18.6 Å². The topological polar surface area (TPSA) is 47.6 Å². The van der Waals surface area contributed by atoms with Crippen molar-refractivity contribution in [3.63, 3.8) is 0 Å². The minimum atomic E-state index is -0.471. The molecule has 4 heteroatoms. The van der Waals surface area contributed by atoms with Crippen molar-refractivity contribution in [2.45, 2.75) is 59.1 Å². The number of hydrogen-bond donors (Lipinski definition) is 1. The van der Waals surface area contributed by atoms with Gasteiger partial charge in [0.25, 0.3) is 0 Å². The standard InChI is InChI=1S/C17H27NO3/c1-6-14(18-16(19)21-17(3,4)5)12-13-8-10-15(11-9-13)20-7-2/h8-11,14H,6-7,12H2,1-5H3,(H,18,19). The summed E-state index contributed by atoms with van der Waals surface area (Å²) in [5, 5.41) is 2.92. The van der Waals surface area contributed by atoms with Crippen LogP contribution in [0.4, 0.5) is 4.79 Å². The fourth-order valence-electron chi connectivity index (χ4n) is 1.94. The Labute approximate surface area is 127 Å². The number of ether oxygens (including phenoxy) is 2. The number of nitrogens with one attached hydrogen (secondary N) is 1. The molecule has 0 aromatic heterocycles. The van der Waals surface area contributed by atoms with Gasteiger partial charge in [0.1, 0.15) is 11.4 Å². The molecule has 1 rings (SSSR count). The van der Waals surface area contributed by atoms with E-state index in [1.807, 2.05) is 52.0 Å². The molecular weight excluding hydrogens is 266 g/mol. The average molecular weight is 293 g/mol. The van der Waals surface area contributed by atoms with Gasteiger partial charge in [-0.15, -0.1) is 0 Å². The van der Waals surface area contributed by atoms with E-state index < -0.39 is 5.60 Å². The third-order valence-corrected chi connectivity index (χ3v) is 2.93. The lowest BCUT2D eigenvalue weighted by molar-refractivity contribution is 0.0503. The Morgan fingerprint density at radius 3 is 2.29 bits per heavy atom. The van der Waals surface area contributed by atoms with Crippen molar-refractivity contribution < 1.29 is 14.3 Å². The summed E-state index contributed by atoms with van der Waals surface area (Å²) in [6.45, 7) is 10.3. The van der Waals surface area contributed by atoms with Crippen LogP contribution in [0.1, 0.15) is 46.6 Å². The van der Waals surface area contributed by atoms with Crippen molar-refractivity contribution in [1.82, 2.24) is 5.32 Å². The molecule has 1 aromatic rings. The normalized spacial score (nSPS) is 12.6. The Bertz CT molecular complexity index is 434. The van der Waals surface area contributed by atoms with Crippen LogP contribution >= 0.6 is 0 Å². The summed E-state index contributed by atoms with van der Waals surface area (Å²) in [5.41, 5.74) is 0.697. The second-order valence-corrected chi connectivity index (χ2v) is 6.03. The molecule has 0 aliphatic rings. The summed E-state index contributed by atoms with van der Waals surface area (Å²) in [4.78, 5) is 11.8. The molecule has 4 nitrogen and oxygen atoms in total. The minimum Gasteiger partial charge on any atom is -0.494 e. The molecule has 1 atom stereocenters. The van der Waals surface area contributed by atoms with E-state index in [2.05, 4.69) is 12.2 Å². The molecule has 1 N–H and O–H groups in total. The van der Waals surface area contributed by atoms with Crippen LogP contribution in [0.3, 0.4) is 0 Å². The zero-order valence-electron chi connectivity index (χ0n) is 13.7. The predicted molar refractivity (Wildman–Crippen MR) is 84.8 cm³/mol. The first-order valence-corrected chi connectivity index (χ1v) is 7.55. The summed E-state index contributed by atoms with van der Waals surface area (Å²) in [6, 6.07) is 8.05. The number of hydrogen-bond acceptors (Lipinski definition) is 3. The molecule has 1 unspecified atom stereocenters. The zero-order chi connectivity index (χ0) is 15.9. The Balaban J connectivity index is 2.55. The van der Waals surface area contributed by atoms with E-state index in [1.54, 1.807) is 0 Å². The van der Waals surface area contributed by atoms with E-state index in [4.69, 9.17) is 9.47 Å². The molecule has 118 valence electrons. The Kier molecular flexibility index (Phi) is 6.53. The van der Waals surface area contributed by atoms with Gasteiger partial charge in [0, 0.05) is 6.04 Å². The first-order valence-electron chi connectivity index (χ1n) is 7.55. The van der Waals surface area contributed by atoms with Crippen LogP contribution < -0.4 is 10.1 Å². The molecule has 0 radical (unpaired) electrons. The quantitative estimate of drug-likeness (QED) is 0.864. The predicted octanol–water partition coefficient (Wildman–Crippen LogP) is 3.93. The minimum absolute atomic E-state index is 0.0674. The number of carbonyl (C=O) groups excluding carboxylic acids is 1. The van der Waals surface area contributed by atoms with Crippen molar-refractivity contribution in [2.24, 2.45) is 0 Å². The highest BCUT2D eigenvalue weighted by atomic mass is 16.6. The van der Waals surface area contributed by atoms with E-state index in [1.165, 1.54) is 5.56 Å². The summed E-state index contributed by atoms with van der Waals surface area (Å²) in [6.07, 6.45) is 1.27. The van der Waals surface area contributed by atoms with E-state index in [0.29, 0.717) is 6.61 Å². The van der Waals surface area contributed by atoms with Gasteiger partial charge in [0.2, 0.25) is 0 Å². The molecule has 0 fully saturated rings. The summed E-state index contributed by atoms with van der Waals surface area (Å²) in [7, 11) is 0. The maximum Gasteiger partial charge on any atom is 0.407 e. The van der Waals surface area contributed by atoms with Crippen LogP contribution in [-0.2, 0) is 11.2 Å². The molecule has 0 aliphatic heterocycles. The maximum absolute atomic E-state index is 11.8. The largest absolute Gasteiger partial charge is 0.494 e. The third-order valence-electron chi connectivity index (χ3n) is 2.93. The van der Waals surface area contributed by atoms with Gasteiger partial charge < -0.3 is 14.8 Å². The lowest BCUT2D eigenvalue weighted by atomic mass is 10.0. The molecule has 1 amide bonds. The fraction of sp³-hybridized carbons (Fsp3) is 0.588. The Morgan fingerprint density at radius 1 is 1.19 bits per heavy atom. The van der Waals surface area contributed by atoms with Crippen molar-refractivity contribution in [2.75, 3.05) is 6.61 Å². The number of benzene rings is 1. The average Bonchev–Trinajstić information content (AvgIpc) is 2.38. The molecular formula is C17H27NO3. The van der Waals surface area contributed by atoms with Crippen LogP contribution in [0.15, 0.2) is 24.3 Å². The molecule has 0 bridgehead atoms. The summed E-state index contributed by atoms with van der Waals surface area (Å²) < 4.78 is 10.7. The van der Waals surface area contributed by atoms with Crippen LogP contribution in [0.2, 0.25) is 0 Å². The first-order chi connectivity index (χ1) is 9.84. The molecule has 0 aliphatic carbocycles. The van der Waals surface area contributed by atoms with E-state index in [9.17, 15) is 4.79 Å². The molecule has 0 saturated heterocycles. The van der Waals surface area contributed by atoms with Crippen LogP contribution in [0, 0.1) is 0 Å². The second-order valence-electron chi connectivity index (χ2n) is 6.03. The molecule has 1 aromatic carbocycles.